The summed E-state index contributed by atoms with van der Waals surface area (Å²) >= 11 is 3.38. The van der Waals surface area contributed by atoms with Crippen LogP contribution < -0.4 is 10.6 Å². The third-order valence-corrected chi connectivity index (χ3v) is 3.37. The second-order valence-corrected chi connectivity index (χ2v) is 5.78. The number of aryl methyl sites for hydroxylation is 2. The van der Waals surface area contributed by atoms with Gasteiger partial charge in [0, 0.05) is 16.4 Å². The van der Waals surface area contributed by atoms with Crippen LogP contribution in [0.1, 0.15) is 16.7 Å². The molecule has 0 unspecified atom stereocenters. The largest absolute Gasteiger partial charge is 0.323 e. The fourth-order valence-corrected chi connectivity index (χ4v) is 2.27. The molecule has 0 aliphatic heterocycles. The number of hydrogen-bond donors (Lipinski definition) is 2. The minimum Gasteiger partial charge on any atom is -0.314 e. The Morgan fingerprint density at radius 2 is 1.67 bits per heavy atom. The Balaban J connectivity index is 1.91. The molecule has 0 bridgehead atoms. The van der Waals surface area contributed by atoms with Crippen molar-refractivity contribution in [2.45, 2.75) is 13.8 Å². The van der Waals surface area contributed by atoms with Crippen molar-refractivity contribution >= 4 is 33.7 Å². The standard InChI is InChI=1S/C17H17BrN2O/c1-12-9-13(2)11-16(10-12)20-17(21)19-8-7-14-3-5-15(18)6-4-14/h3-11H,1-2H3,(H2,19,20,21)/b8-7+. The lowest BCUT2D eigenvalue weighted by Gasteiger charge is -2.07. The van der Waals surface area contributed by atoms with Crippen LogP contribution in [0, 0.1) is 13.8 Å². The molecule has 108 valence electrons. The molecule has 3 nitrogen and oxygen atoms in total. The second kappa shape index (κ2) is 7.09. The highest BCUT2D eigenvalue weighted by atomic mass is 79.9. The molecule has 0 saturated heterocycles. The van der Waals surface area contributed by atoms with Crippen molar-refractivity contribution in [2.24, 2.45) is 0 Å². The molecule has 0 fully saturated rings. The summed E-state index contributed by atoms with van der Waals surface area (Å²) in [6, 6.07) is 13.5. The highest BCUT2D eigenvalue weighted by Crippen LogP contribution is 2.13. The van der Waals surface area contributed by atoms with E-state index < -0.39 is 0 Å². The first-order valence-corrected chi connectivity index (χ1v) is 7.40. The van der Waals surface area contributed by atoms with Crippen molar-refractivity contribution in [3.05, 3.63) is 69.8 Å². The van der Waals surface area contributed by atoms with E-state index in [0.717, 1.165) is 26.9 Å². The predicted molar refractivity (Wildman–Crippen MR) is 91.2 cm³/mol. The first-order chi connectivity index (χ1) is 10.0. The number of anilines is 1. The van der Waals surface area contributed by atoms with Crippen LogP contribution in [0.5, 0.6) is 0 Å². The highest BCUT2D eigenvalue weighted by molar-refractivity contribution is 9.10. The van der Waals surface area contributed by atoms with Crippen molar-refractivity contribution in [1.29, 1.82) is 0 Å². The van der Waals surface area contributed by atoms with E-state index in [1.165, 1.54) is 0 Å². The van der Waals surface area contributed by atoms with Crippen LogP contribution in [0.2, 0.25) is 0 Å². The topological polar surface area (TPSA) is 41.1 Å². The van der Waals surface area contributed by atoms with Crippen molar-refractivity contribution < 1.29 is 4.79 Å². The Morgan fingerprint density at radius 1 is 1.05 bits per heavy atom. The molecular formula is C17H17BrN2O. The molecular weight excluding hydrogens is 328 g/mol. The SMILES string of the molecule is Cc1cc(C)cc(NC(=O)N/C=C/c2ccc(Br)cc2)c1. The van der Waals surface area contributed by atoms with Gasteiger partial charge in [-0.25, -0.2) is 4.79 Å². The van der Waals surface area contributed by atoms with Gasteiger partial charge in [0.05, 0.1) is 0 Å². The van der Waals surface area contributed by atoms with E-state index in [1.807, 2.05) is 56.3 Å². The molecule has 4 heteroatoms. The summed E-state index contributed by atoms with van der Waals surface area (Å²) < 4.78 is 1.03. The molecule has 2 aromatic rings. The molecule has 2 rings (SSSR count). The summed E-state index contributed by atoms with van der Waals surface area (Å²) in [6.45, 7) is 4.01. The summed E-state index contributed by atoms with van der Waals surface area (Å²) in [5.41, 5.74) is 4.05. The summed E-state index contributed by atoms with van der Waals surface area (Å²) in [4.78, 5) is 11.8. The predicted octanol–water partition coefficient (Wildman–Crippen LogP) is 4.86. The number of urea groups is 1. The smallest absolute Gasteiger partial charge is 0.314 e. The lowest BCUT2D eigenvalue weighted by atomic mass is 10.1. The Labute approximate surface area is 133 Å². The number of carbonyl (C=O) groups is 1. The van der Waals surface area contributed by atoms with E-state index in [4.69, 9.17) is 0 Å². The first kappa shape index (κ1) is 15.3. The van der Waals surface area contributed by atoms with E-state index in [0.29, 0.717) is 0 Å². The molecule has 2 N–H and O–H groups in total. The number of halogens is 1. The minimum atomic E-state index is -0.256. The molecule has 2 amide bonds. The van der Waals surface area contributed by atoms with E-state index in [9.17, 15) is 4.79 Å². The van der Waals surface area contributed by atoms with Gasteiger partial charge in [0.1, 0.15) is 0 Å². The average Bonchev–Trinajstić information content (AvgIpc) is 2.39. The molecule has 0 spiro atoms. The zero-order valence-electron chi connectivity index (χ0n) is 12.0. The lowest BCUT2D eigenvalue weighted by molar-refractivity contribution is 0.255. The van der Waals surface area contributed by atoms with Gasteiger partial charge in [0.15, 0.2) is 0 Å². The number of hydrogen-bond acceptors (Lipinski definition) is 1. The fourth-order valence-electron chi connectivity index (χ4n) is 2.00. The van der Waals surface area contributed by atoms with Gasteiger partial charge in [0.2, 0.25) is 0 Å². The molecule has 0 saturated carbocycles. The summed E-state index contributed by atoms with van der Waals surface area (Å²) in [6.07, 6.45) is 3.47. The summed E-state index contributed by atoms with van der Waals surface area (Å²) in [5.74, 6) is 0. The number of rotatable bonds is 3. The quantitative estimate of drug-likeness (QED) is 0.820. The monoisotopic (exact) mass is 344 g/mol. The van der Waals surface area contributed by atoms with Crippen molar-refractivity contribution in [3.8, 4) is 0 Å². The maximum absolute atomic E-state index is 11.8. The summed E-state index contributed by atoms with van der Waals surface area (Å²) in [5, 5.41) is 5.50. The molecule has 21 heavy (non-hydrogen) atoms. The van der Waals surface area contributed by atoms with Crippen LogP contribution in [0.3, 0.4) is 0 Å². The van der Waals surface area contributed by atoms with Crippen LogP contribution >= 0.6 is 15.9 Å². The zero-order valence-corrected chi connectivity index (χ0v) is 13.6. The zero-order chi connectivity index (χ0) is 15.2. The van der Waals surface area contributed by atoms with Gasteiger partial charge in [-0.05, 0) is 60.9 Å². The molecule has 0 atom stereocenters. The minimum absolute atomic E-state index is 0.256. The average molecular weight is 345 g/mol. The van der Waals surface area contributed by atoms with E-state index >= 15 is 0 Å². The molecule has 0 aliphatic rings. The fraction of sp³-hybridized carbons (Fsp3) is 0.118. The van der Waals surface area contributed by atoms with Crippen molar-refractivity contribution in [1.82, 2.24) is 5.32 Å². The van der Waals surface area contributed by atoms with Crippen LogP contribution in [0.25, 0.3) is 6.08 Å². The third kappa shape index (κ3) is 5.08. The maximum Gasteiger partial charge on any atom is 0.323 e. The normalized spacial score (nSPS) is 10.6. The lowest BCUT2D eigenvalue weighted by Crippen LogP contribution is -2.23. The number of amides is 2. The van der Waals surface area contributed by atoms with Crippen LogP contribution in [0.15, 0.2) is 53.1 Å². The Morgan fingerprint density at radius 3 is 2.29 bits per heavy atom. The van der Waals surface area contributed by atoms with Gasteiger partial charge in [-0.3, -0.25) is 0 Å². The van der Waals surface area contributed by atoms with Crippen molar-refractivity contribution in [3.63, 3.8) is 0 Å². The van der Waals surface area contributed by atoms with Crippen LogP contribution in [-0.4, -0.2) is 6.03 Å². The Bertz CT molecular complexity index is 643. The van der Waals surface area contributed by atoms with Crippen LogP contribution in [0.4, 0.5) is 10.5 Å². The molecule has 0 aliphatic carbocycles. The van der Waals surface area contributed by atoms with Gasteiger partial charge in [0.25, 0.3) is 0 Å². The maximum atomic E-state index is 11.8. The number of benzene rings is 2. The molecule has 0 heterocycles. The van der Waals surface area contributed by atoms with Gasteiger partial charge in [-0.2, -0.15) is 0 Å². The molecule has 0 aromatic heterocycles. The highest BCUT2D eigenvalue weighted by Gasteiger charge is 2.00. The van der Waals surface area contributed by atoms with Gasteiger partial charge in [-0.1, -0.05) is 34.1 Å². The van der Waals surface area contributed by atoms with E-state index in [2.05, 4.69) is 32.6 Å². The first-order valence-electron chi connectivity index (χ1n) is 6.61. The van der Waals surface area contributed by atoms with Gasteiger partial charge in [-0.15, -0.1) is 0 Å². The molecule has 2 aromatic carbocycles. The van der Waals surface area contributed by atoms with Crippen LogP contribution in [-0.2, 0) is 0 Å². The molecule has 0 radical (unpaired) electrons. The second-order valence-electron chi connectivity index (χ2n) is 4.86. The van der Waals surface area contributed by atoms with Crippen molar-refractivity contribution in [2.75, 3.05) is 5.32 Å². The van der Waals surface area contributed by atoms with E-state index in [-0.39, 0.29) is 6.03 Å². The van der Waals surface area contributed by atoms with Gasteiger partial charge < -0.3 is 10.6 Å². The Hall–Kier alpha value is -2.07. The summed E-state index contributed by atoms with van der Waals surface area (Å²) in [7, 11) is 0. The van der Waals surface area contributed by atoms with E-state index in [1.54, 1.807) is 6.20 Å². The third-order valence-electron chi connectivity index (χ3n) is 2.84. The number of carbonyl (C=O) groups excluding carboxylic acids is 1. The Kier molecular flexibility index (Phi) is 5.17. The number of nitrogens with one attached hydrogen (secondary N) is 2. The van der Waals surface area contributed by atoms with Gasteiger partial charge >= 0.3 is 6.03 Å².